The molecule has 0 amide bonds. The number of hydrogen-bond acceptors (Lipinski definition) is 3. The summed E-state index contributed by atoms with van der Waals surface area (Å²) in [6.07, 6.45) is 22.0. The summed E-state index contributed by atoms with van der Waals surface area (Å²) in [5.74, 6) is 5.92. The lowest BCUT2D eigenvalue weighted by molar-refractivity contribution is 0.310. The highest BCUT2D eigenvalue weighted by atomic mass is 16.4. The molecule has 0 aromatic carbocycles. The third-order valence-corrected chi connectivity index (χ3v) is 8.04. The SMILES string of the molecule is CCCCCCCc1ccc(C(C)(c2ccc(CCCCCCC)o2)c2ccc(CCCCCCC)o2)o1. The molecule has 0 N–H and O–H groups in total. The third kappa shape index (κ3) is 8.95. The molecule has 0 fully saturated rings. The Kier molecular flexibility index (Phi) is 13.4. The molecule has 3 aromatic rings. The highest BCUT2D eigenvalue weighted by Crippen LogP contribution is 2.41. The average Bonchev–Trinajstić information content (AvgIpc) is 3.70. The molecule has 0 aliphatic heterocycles. The first kappa shape index (κ1) is 30.4. The van der Waals surface area contributed by atoms with E-state index in [1.165, 1.54) is 96.3 Å². The van der Waals surface area contributed by atoms with E-state index in [0.29, 0.717) is 0 Å². The zero-order chi connectivity index (χ0) is 27.1. The van der Waals surface area contributed by atoms with Crippen LogP contribution in [0.4, 0.5) is 0 Å². The number of aryl methyl sites for hydroxylation is 3. The van der Waals surface area contributed by atoms with E-state index in [0.717, 1.165) is 53.8 Å². The Morgan fingerprint density at radius 1 is 0.421 bits per heavy atom. The Morgan fingerprint density at radius 2 is 0.711 bits per heavy atom. The van der Waals surface area contributed by atoms with E-state index in [1.54, 1.807) is 0 Å². The Morgan fingerprint density at radius 3 is 1.00 bits per heavy atom. The highest BCUT2D eigenvalue weighted by Gasteiger charge is 2.40. The van der Waals surface area contributed by atoms with Crippen molar-refractivity contribution in [2.24, 2.45) is 0 Å². The molecule has 212 valence electrons. The van der Waals surface area contributed by atoms with E-state index in [1.807, 2.05) is 0 Å². The van der Waals surface area contributed by atoms with Gasteiger partial charge in [-0.15, -0.1) is 0 Å². The minimum atomic E-state index is -0.582. The first-order valence-electron chi connectivity index (χ1n) is 15.9. The molecule has 3 nitrogen and oxygen atoms in total. The second kappa shape index (κ2) is 16.7. The van der Waals surface area contributed by atoms with Crippen LogP contribution in [0, 0.1) is 0 Å². The van der Waals surface area contributed by atoms with Gasteiger partial charge in [-0.3, -0.25) is 0 Å². The van der Waals surface area contributed by atoms with Crippen LogP contribution < -0.4 is 0 Å². The molecular formula is C35H54O3. The predicted molar refractivity (Wildman–Crippen MR) is 159 cm³/mol. The molecule has 0 atom stereocenters. The van der Waals surface area contributed by atoms with Crippen molar-refractivity contribution in [2.75, 3.05) is 0 Å². The molecule has 0 aliphatic rings. The summed E-state index contributed by atoms with van der Waals surface area (Å²) in [5, 5.41) is 0. The van der Waals surface area contributed by atoms with Crippen LogP contribution >= 0.6 is 0 Å². The molecule has 0 saturated carbocycles. The normalized spacial score (nSPS) is 12.0. The molecular weight excluding hydrogens is 468 g/mol. The lowest BCUT2D eigenvalue weighted by Gasteiger charge is -2.23. The van der Waals surface area contributed by atoms with Crippen LogP contribution in [0.1, 0.15) is 159 Å². The van der Waals surface area contributed by atoms with Crippen molar-refractivity contribution in [3.8, 4) is 0 Å². The fourth-order valence-corrected chi connectivity index (χ4v) is 5.42. The van der Waals surface area contributed by atoms with Gasteiger partial charge in [0.05, 0.1) is 0 Å². The third-order valence-electron chi connectivity index (χ3n) is 8.04. The van der Waals surface area contributed by atoms with E-state index < -0.39 is 5.41 Å². The van der Waals surface area contributed by atoms with Crippen LogP contribution in [0.3, 0.4) is 0 Å². The Hall–Kier alpha value is -2.16. The van der Waals surface area contributed by atoms with Gasteiger partial charge in [-0.2, -0.15) is 0 Å². The monoisotopic (exact) mass is 522 g/mol. The lowest BCUT2D eigenvalue weighted by atomic mass is 9.82. The van der Waals surface area contributed by atoms with Gasteiger partial charge in [-0.1, -0.05) is 97.8 Å². The zero-order valence-electron chi connectivity index (χ0n) is 24.9. The second-order valence-corrected chi connectivity index (χ2v) is 11.4. The maximum Gasteiger partial charge on any atom is 0.141 e. The van der Waals surface area contributed by atoms with E-state index >= 15 is 0 Å². The summed E-state index contributed by atoms with van der Waals surface area (Å²) in [6.45, 7) is 8.99. The van der Waals surface area contributed by atoms with Crippen LogP contribution in [-0.2, 0) is 24.7 Å². The first-order valence-corrected chi connectivity index (χ1v) is 15.9. The Labute approximate surface area is 232 Å². The second-order valence-electron chi connectivity index (χ2n) is 11.4. The topological polar surface area (TPSA) is 39.4 Å². The molecule has 0 spiro atoms. The van der Waals surface area contributed by atoms with Crippen molar-refractivity contribution in [2.45, 2.75) is 149 Å². The lowest BCUT2D eigenvalue weighted by Crippen LogP contribution is -2.23. The summed E-state index contributed by atoms with van der Waals surface area (Å²) in [4.78, 5) is 0. The number of furan rings is 3. The summed E-state index contributed by atoms with van der Waals surface area (Å²) in [7, 11) is 0. The molecule has 0 saturated heterocycles. The molecule has 3 heteroatoms. The van der Waals surface area contributed by atoms with Gasteiger partial charge in [0, 0.05) is 19.3 Å². The van der Waals surface area contributed by atoms with Gasteiger partial charge >= 0.3 is 0 Å². The maximum atomic E-state index is 6.51. The molecule has 0 aliphatic carbocycles. The summed E-state index contributed by atoms with van der Waals surface area (Å²) < 4.78 is 19.5. The van der Waals surface area contributed by atoms with Crippen LogP contribution in [0.25, 0.3) is 0 Å². The molecule has 0 unspecified atom stereocenters. The van der Waals surface area contributed by atoms with Crippen LogP contribution in [0.15, 0.2) is 49.6 Å². The highest BCUT2D eigenvalue weighted by molar-refractivity contribution is 5.39. The van der Waals surface area contributed by atoms with Crippen molar-refractivity contribution in [1.29, 1.82) is 0 Å². The van der Waals surface area contributed by atoms with Gasteiger partial charge in [0.2, 0.25) is 0 Å². The molecule has 3 rings (SSSR count). The maximum absolute atomic E-state index is 6.51. The van der Waals surface area contributed by atoms with Crippen LogP contribution in [0.2, 0.25) is 0 Å². The van der Waals surface area contributed by atoms with E-state index in [-0.39, 0.29) is 0 Å². The molecule has 38 heavy (non-hydrogen) atoms. The van der Waals surface area contributed by atoms with Gasteiger partial charge in [-0.25, -0.2) is 0 Å². The zero-order valence-corrected chi connectivity index (χ0v) is 24.9. The molecule has 3 heterocycles. The minimum Gasteiger partial charge on any atom is -0.465 e. The molecule has 0 radical (unpaired) electrons. The standard InChI is InChI=1S/C35H54O3/c1-5-8-11-14-17-20-29-23-26-32(36-29)35(4,33-27-24-30(37-33)21-18-15-12-9-6-2)34-28-25-31(38-34)22-19-16-13-10-7-3/h23-28H,5-22H2,1-4H3. The van der Waals surface area contributed by atoms with Crippen LogP contribution in [-0.4, -0.2) is 0 Å². The number of hydrogen-bond donors (Lipinski definition) is 0. The fourth-order valence-electron chi connectivity index (χ4n) is 5.42. The van der Waals surface area contributed by atoms with Gasteiger partial charge in [0.25, 0.3) is 0 Å². The average molecular weight is 523 g/mol. The van der Waals surface area contributed by atoms with Gasteiger partial charge < -0.3 is 13.3 Å². The van der Waals surface area contributed by atoms with Crippen molar-refractivity contribution in [3.63, 3.8) is 0 Å². The fraction of sp³-hybridized carbons (Fsp3) is 0.657. The van der Waals surface area contributed by atoms with Gasteiger partial charge in [-0.05, 0) is 62.6 Å². The van der Waals surface area contributed by atoms with Gasteiger partial charge in [0.15, 0.2) is 0 Å². The van der Waals surface area contributed by atoms with Crippen molar-refractivity contribution in [3.05, 3.63) is 71.0 Å². The van der Waals surface area contributed by atoms with Crippen LogP contribution in [0.5, 0.6) is 0 Å². The smallest absolute Gasteiger partial charge is 0.141 e. The van der Waals surface area contributed by atoms with Gasteiger partial charge in [0.1, 0.15) is 40.0 Å². The number of unbranched alkanes of at least 4 members (excludes halogenated alkanes) is 12. The minimum absolute atomic E-state index is 0.582. The summed E-state index contributed by atoms with van der Waals surface area (Å²) >= 11 is 0. The molecule has 3 aromatic heterocycles. The molecule has 0 bridgehead atoms. The number of rotatable bonds is 21. The first-order chi connectivity index (χ1) is 18.6. The van der Waals surface area contributed by atoms with E-state index in [4.69, 9.17) is 13.3 Å². The Bertz CT molecular complexity index is 877. The van der Waals surface area contributed by atoms with Crippen molar-refractivity contribution in [1.82, 2.24) is 0 Å². The van der Waals surface area contributed by atoms with E-state index in [2.05, 4.69) is 64.1 Å². The quantitative estimate of drug-likeness (QED) is 0.131. The predicted octanol–water partition coefficient (Wildman–Crippen LogP) is 11.4. The Balaban J connectivity index is 1.76. The summed E-state index contributed by atoms with van der Waals surface area (Å²) in [6, 6.07) is 12.9. The largest absolute Gasteiger partial charge is 0.465 e. The summed E-state index contributed by atoms with van der Waals surface area (Å²) in [5.41, 5.74) is -0.582. The van der Waals surface area contributed by atoms with Crippen molar-refractivity contribution < 1.29 is 13.3 Å². The van der Waals surface area contributed by atoms with E-state index in [9.17, 15) is 0 Å². The van der Waals surface area contributed by atoms with Crippen molar-refractivity contribution >= 4 is 0 Å².